The zero-order chi connectivity index (χ0) is 24.5. The Labute approximate surface area is 194 Å². The molecule has 0 saturated carbocycles. The van der Waals surface area contributed by atoms with Crippen molar-refractivity contribution in [3.05, 3.63) is 65.2 Å². The van der Waals surface area contributed by atoms with Crippen molar-refractivity contribution in [2.24, 2.45) is 5.73 Å². The molecule has 4 rings (SSSR count). The molecule has 1 aromatic heterocycles. The molecule has 0 aliphatic carbocycles. The summed E-state index contributed by atoms with van der Waals surface area (Å²) >= 11 is 0. The number of hydrogen-bond donors (Lipinski definition) is 4. The van der Waals surface area contributed by atoms with Crippen LogP contribution in [0.15, 0.2) is 48.5 Å². The van der Waals surface area contributed by atoms with Gasteiger partial charge in [-0.3, -0.25) is 9.59 Å². The van der Waals surface area contributed by atoms with E-state index in [2.05, 4.69) is 15.7 Å². The number of hydrogen-bond acceptors (Lipinski definition) is 6. The number of nitrogens with two attached hydrogens (primary N) is 2. The van der Waals surface area contributed by atoms with Crippen molar-refractivity contribution in [2.45, 2.75) is 18.5 Å². The molecule has 1 fully saturated rings. The first kappa shape index (κ1) is 23.2. The average Bonchev–Trinajstić information content (AvgIpc) is 3.35. The van der Waals surface area contributed by atoms with Crippen LogP contribution < -0.4 is 26.8 Å². The van der Waals surface area contributed by atoms with Gasteiger partial charge in [-0.2, -0.15) is 5.10 Å². The number of amides is 2. The van der Waals surface area contributed by atoms with Crippen LogP contribution in [-0.4, -0.2) is 47.7 Å². The summed E-state index contributed by atoms with van der Waals surface area (Å²) in [4.78, 5) is 24.6. The Hall–Kier alpha value is -3.99. The SMILES string of the molecule is COc1ccccc1C(=O)NCc1ccc(-c2nn(C3CNCC3(F)F)c(N)c2C(N)=O)cc1. The van der Waals surface area contributed by atoms with Gasteiger partial charge in [0, 0.05) is 18.7 Å². The molecule has 1 unspecified atom stereocenters. The number of methoxy groups -OCH3 is 1. The molecule has 2 aromatic carbocycles. The van der Waals surface area contributed by atoms with E-state index in [-0.39, 0.29) is 36.1 Å². The first-order valence-electron chi connectivity index (χ1n) is 10.5. The fraction of sp³-hybridized carbons (Fsp3) is 0.261. The van der Waals surface area contributed by atoms with E-state index >= 15 is 0 Å². The van der Waals surface area contributed by atoms with Crippen molar-refractivity contribution >= 4 is 17.6 Å². The van der Waals surface area contributed by atoms with E-state index in [0.717, 1.165) is 10.2 Å². The Morgan fingerprint density at radius 1 is 1.24 bits per heavy atom. The molecule has 9 nitrogen and oxygen atoms in total. The second-order valence-electron chi connectivity index (χ2n) is 7.91. The molecule has 1 saturated heterocycles. The van der Waals surface area contributed by atoms with E-state index in [4.69, 9.17) is 16.2 Å². The molecule has 0 spiro atoms. The minimum Gasteiger partial charge on any atom is -0.496 e. The number of carbonyl (C=O) groups excluding carboxylic acids is 2. The summed E-state index contributed by atoms with van der Waals surface area (Å²) in [5, 5.41) is 9.65. The van der Waals surface area contributed by atoms with Gasteiger partial charge in [0.25, 0.3) is 17.7 Å². The van der Waals surface area contributed by atoms with E-state index in [1.807, 2.05) is 0 Å². The third kappa shape index (κ3) is 4.29. The van der Waals surface area contributed by atoms with Crippen LogP contribution in [0.1, 0.15) is 32.3 Å². The standard InChI is InChI=1S/C23H24F2N6O3/c1-34-16-5-3-2-4-15(16)22(33)29-10-13-6-8-14(9-7-13)19-18(21(27)32)20(26)31(30-19)17-11-28-12-23(17,24)25/h2-9,17,28H,10-12,26H2,1H3,(H2,27,32)(H,29,33). The van der Waals surface area contributed by atoms with Gasteiger partial charge in [-0.05, 0) is 17.7 Å². The van der Waals surface area contributed by atoms with Crippen LogP contribution in [0, 0.1) is 0 Å². The summed E-state index contributed by atoms with van der Waals surface area (Å²) in [5.41, 5.74) is 13.2. The highest BCUT2D eigenvalue weighted by Gasteiger charge is 2.47. The van der Waals surface area contributed by atoms with Crippen LogP contribution in [0.5, 0.6) is 5.75 Å². The number of para-hydroxylation sites is 1. The molecule has 1 atom stereocenters. The zero-order valence-corrected chi connectivity index (χ0v) is 18.3. The van der Waals surface area contributed by atoms with Crippen LogP contribution in [-0.2, 0) is 6.54 Å². The molecule has 3 aromatic rings. The van der Waals surface area contributed by atoms with Gasteiger partial charge in [-0.25, -0.2) is 13.5 Å². The molecule has 0 radical (unpaired) electrons. The molecule has 6 N–H and O–H groups in total. The monoisotopic (exact) mass is 470 g/mol. The van der Waals surface area contributed by atoms with Crippen LogP contribution in [0.4, 0.5) is 14.6 Å². The number of anilines is 1. The molecule has 0 bridgehead atoms. The van der Waals surface area contributed by atoms with Gasteiger partial charge < -0.3 is 26.8 Å². The number of alkyl halides is 2. The fourth-order valence-corrected chi connectivity index (χ4v) is 3.93. The van der Waals surface area contributed by atoms with Gasteiger partial charge >= 0.3 is 0 Å². The molecule has 1 aliphatic rings. The number of aromatic nitrogens is 2. The number of ether oxygens (including phenoxy) is 1. The van der Waals surface area contributed by atoms with Crippen molar-refractivity contribution in [1.29, 1.82) is 0 Å². The van der Waals surface area contributed by atoms with Gasteiger partial charge in [0.2, 0.25) is 0 Å². The Morgan fingerprint density at radius 3 is 2.56 bits per heavy atom. The van der Waals surface area contributed by atoms with E-state index in [1.165, 1.54) is 7.11 Å². The summed E-state index contributed by atoms with van der Waals surface area (Å²) in [6.07, 6.45) is 0. The topological polar surface area (TPSA) is 137 Å². The van der Waals surface area contributed by atoms with Crippen molar-refractivity contribution in [3.8, 4) is 17.0 Å². The fourth-order valence-electron chi connectivity index (χ4n) is 3.93. The Kier molecular flexibility index (Phi) is 6.20. The largest absolute Gasteiger partial charge is 0.496 e. The van der Waals surface area contributed by atoms with Crippen molar-refractivity contribution < 1.29 is 23.1 Å². The third-order valence-corrected chi connectivity index (χ3v) is 5.71. The number of benzene rings is 2. The average molecular weight is 470 g/mol. The number of nitrogen functional groups attached to an aromatic ring is 1. The van der Waals surface area contributed by atoms with Gasteiger partial charge in [0.15, 0.2) is 0 Å². The smallest absolute Gasteiger partial charge is 0.283 e. The van der Waals surface area contributed by atoms with Crippen LogP contribution >= 0.6 is 0 Å². The quantitative estimate of drug-likeness (QED) is 0.417. The predicted octanol–water partition coefficient (Wildman–Crippen LogP) is 1.95. The summed E-state index contributed by atoms with van der Waals surface area (Å²) in [7, 11) is 1.49. The Morgan fingerprint density at radius 2 is 1.94 bits per heavy atom. The minimum atomic E-state index is -3.07. The van der Waals surface area contributed by atoms with Gasteiger partial charge in [-0.1, -0.05) is 36.4 Å². The predicted molar refractivity (Wildman–Crippen MR) is 122 cm³/mol. The van der Waals surface area contributed by atoms with E-state index in [1.54, 1.807) is 48.5 Å². The lowest BCUT2D eigenvalue weighted by Crippen LogP contribution is -2.31. The van der Waals surface area contributed by atoms with Crippen LogP contribution in [0.25, 0.3) is 11.3 Å². The maximum atomic E-state index is 14.3. The molecule has 1 aliphatic heterocycles. The van der Waals surface area contributed by atoms with E-state index in [9.17, 15) is 18.4 Å². The lowest BCUT2D eigenvalue weighted by atomic mass is 10.0. The highest BCUT2D eigenvalue weighted by atomic mass is 19.3. The number of primary amides is 1. The maximum Gasteiger partial charge on any atom is 0.283 e. The first-order chi connectivity index (χ1) is 16.2. The number of carbonyl (C=O) groups is 2. The summed E-state index contributed by atoms with van der Waals surface area (Å²) in [5.74, 6) is -3.97. The Bertz CT molecular complexity index is 1230. The molecule has 178 valence electrons. The zero-order valence-electron chi connectivity index (χ0n) is 18.3. The lowest BCUT2D eigenvalue weighted by molar-refractivity contribution is -0.0188. The second kappa shape index (κ2) is 9.10. The van der Waals surface area contributed by atoms with Crippen molar-refractivity contribution in [3.63, 3.8) is 0 Å². The molecule has 2 amide bonds. The van der Waals surface area contributed by atoms with E-state index < -0.39 is 24.4 Å². The Balaban J connectivity index is 1.55. The van der Waals surface area contributed by atoms with Gasteiger partial charge in [-0.15, -0.1) is 0 Å². The van der Waals surface area contributed by atoms with Gasteiger partial charge in [0.1, 0.15) is 28.9 Å². The molecule has 2 heterocycles. The number of halogens is 2. The van der Waals surface area contributed by atoms with Crippen LogP contribution in [0.2, 0.25) is 0 Å². The minimum absolute atomic E-state index is 0.0403. The highest BCUT2D eigenvalue weighted by molar-refractivity contribution is 6.03. The van der Waals surface area contributed by atoms with Crippen LogP contribution in [0.3, 0.4) is 0 Å². The van der Waals surface area contributed by atoms with E-state index in [0.29, 0.717) is 16.9 Å². The number of rotatable bonds is 7. The van der Waals surface area contributed by atoms with Crippen molar-refractivity contribution in [2.75, 3.05) is 25.9 Å². The number of nitrogens with zero attached hydrogens (tertiary/aromatic N) is 2. The summed E-state index contributed by atoms with van der Waals surface area (Å²) < 4.78 is 34.7. The summed E-state index contributed by atoms with van der Waals surface area (Å²) in [6.45, 7) is -0.314. The second-order valence-corrected chi connectivity index (χ2v) is 7.91. The van der Waals surface area contributed by atoms with Crippen molar-refractivity contribution in [1.82, 2.24) is 20.4 Å². The summed E-state index contributed by atoms with van der Waals surface area (Å²) in [6, 6.07) is 12.3. The van der Waals surface area contributed by atoms with Gasteiger partial charge in [0.05, 0.1) is 19.2 Å². The number of nitrogens with one attached hydrogen (secondary N) is 2. The molecule has 11 heteroatoms. The third-order valence-electron chi connectivity index (χ3n) is 5.71. The molecular formula is C23H24F2N6O3. The lowest BCUT2D eigenvalue weighted by Gasteiger charge is -2.19. The normalized spacial score (nSPS) is 16.9. The molecular weight excluding hydrogens is 446 g/mol. The maximum absolute atomic E-state index is 14.3. The highest BCUT2D eigenvalue weighted by Crippen LogP contribution is 2.37. The first-order valence-corrected chi connectivity index (χ1v) is 10.5. The molecule has 34 heavy (non-hydrogen) atoms.